The van der Waals surface area contributed by atoms with Crippen molar-refractivity contribution in [2.45, 2.75) is 25.5 Å². The van der Waals surface area contributed by atoms with Crippen molar-refractivity contribution in [3.8, 4) is 17.3 Å². The summed E-state index contributed by atoms with van der Waals surface area (Å²) in [6, 6.07) is 2.11. The predicted octanol–water partition coefficient (Wildman–Crippen LogP) is 3.94. The second-order valence-corrected chi connectivity index (χ2v) is 8.31. The summed E-state index contributed by atoms with van der Waals surface area (Å²) in [4.78, 5) is 22.5. The van der Waals surface area contributed by atoms with E-state index >= 15 is 0 Å². The molecule has 5 rings (SSSR count). The predicted molar refractivity (Wildman–Crippen MR) is 113 cm³/mol. The molecule has 2 aliphatic heterocycles. The summed E-state index contributed by atoms with van der Waals surface area (Å²) >= 11 is 1.25. The van der Waals surface area contributed by atoms with Gasteiger partial charge in [-0.3, -0.25) is 0 Å². The molecule has 1 saturated heterocycles. The Balaban J connectivity index is 1.24. The molecule has 0 N–H and O–H groups in total. The first-order valence-electron chi connectivity index (χ1n) is 10.1. The third kappa shape index (κ3) is 4.13. The maximum absolute atomic E-state index is 14.2. The molecule has 8 nitrogen and oxygen atoms in total. The third-order valence-electron chi connectivity index (χ3n) is 5.40. The maximum atomic E-state index is 14.2. The number of carbonyl (C=O) groups excluding carboxylic acids is 1. The highest BCUT2D eigenvalue weighted by Gasteiger charge is 2.39. The Labute approximate surface area is 190 Å². The lowest BCUT2D eigenvalue weighted by Gasteiger charge is -2.40. The van der Waals surface area contributed by atoms with Crippen LogP contribution in [-0.4, -0.2) is 55.7 Å². The third-order valence-corrected chi connectivity index (χ3v) is 6.12. The van der Waals surface area contributed by atoms with Gasteiger partial charge in [-0.25, -0.2) is 23.6 Å². The zero-order valence-corrected chi connectivity index (χ0v) is 18.1. The molecule has 1 aromatic carbocycles. The number of aryl methyl sites for hydroxylation is 1. The van der Waals surface area contributed by atoms with Crippen molar-refractivity contribution in [3.63, 3.8) is 0 Å². The molecule has 0 saturated carbocycles. The summed E-state index contributed by atoms with van der Waals surface area (Å²) < 4.78 is 51.3. The first-order valence-corrected chi connectivity index (χ1v) is 10.9. The van der Waals surface area contributed by atoms with Gasteiger partial charge in [-0.1, -0.05) is 0 Å². The summed E-state index contributed by atoms with van der Waals surface area (Å²) in [5.74, 6) is -2.04. The zero-order valence-electron chi connectivity index (χ0n) is 17.3. The highest BCUT2D eigenvalue weighted by Crippen LogP contribution is 2.32. The fourth-order valence-corrected chi connectivity index (χ4v) is 4.38. The van der Waals surface area contributed by atoms with E-state index in [9.17, 15) is 18.0 Å². The number of rotatable bonds is 4. The summed E-state index contributed by atoms with van der Waals surface area (Å²) in [5.41, 5.74) is 1.75. The van der Waals surface area contributed by atoms with Crippen LogP contribution in [0.15, 0.2) is 34.9 Å². The van der Waals surface area contributed by atoms with Crippen LogP contribution in [0.5, 0.6) is 5.88 Å². The number of hydrogen-bond donors (Lipinski definition) is 0. The number of ether oxygens (including phenoxy) is 1. The van der Waals surface area contributed by atoms with Crippen molar-refractivity contribution in [2.75, 3.05) is 13.1 Å². The summed E-state index contributed by atoms with van der Waals surface area (Å²) in [6.45, 7) is 2.18. The number of hydrogen-bond acceptors (Lipinski definition) is 7. The van der Waals surface area contributed by atoms with E-state index in [4.69, 9.17) is 4.74 Å². The zero-order chi connectivity index (χ0) is 23.1. The quantitative estimate of drug-likeness (QED) is 0.572. The second-order valence-electron chi connectivity index (χ2n) is 7.68. The molecule has 1 fully saturated rings. The molecule has 2 aromatic heterocycles. The van der Waals surface area contributed by atoms with E-state index in [0.717, 1.165) is 18.0 Å². The molecular formula is C21H17F3N6O2S. The number of nitrogens with zero attached hydrogens (tertiary/aromatic N) is 6. The van der Waals surface area contributed by atoms with E-state index in [1.807, 2.05) is 0 Å². The smallest absolute Gasteiger partial charge is 0.341 e. The van der Waals surface area contributed by atoms with Gasteiger partial charge in [-0.05, 0) is 36.2 Å². The number of likely N-dealkylation sites (tertiary alicyclic amines) is 1. The highest BCUT2D eigenvalue weighted by molar-refractivity contribution is 7.04. The lowest BCUT2D eigenvalue weighted by atomic mass is 10.0. The van der Waals surface area contributed by atoms with Gasteiger partial charge in [0.05, 0.1) is 36.6 Å². The minimum absolute atomic E-state index is 0.187. The van der Waals surface area contributed by atoms with Crippen molar-refractivity contribution in [1.82, 2.24) is 24.3 Å². The van der Waals surface area contributed by atoms with Gasteiger partial charge in [0.1, 0.15) is 17.7 Å². The van der Waals surface area contributed by atoms with Crippen LogP contribution in [0.3, 0.4) is 0 Å². The SMILES string of the molecule is Cc1nscc1-c1ncc(F)c(OC2CN(C(=O)N3N=CCC3c3cc(F)cc(F)c3)C2)n1. The summed E-state index contributed by atoms with van der Waals surface area (Å²) in [5, 5.41) is 7.04. The van der Waals surface area contributed by atoms with Gasteiger partial charge >= 0.3 is 6.03 Å². The number of hydrazone groups is 1. The van der Waals surface area contributed by atoms with Gasteiger partial charge in [-0.2, -0.15) is 18.8 Å². The van der Waals surface area contributed by atoms with Crippen molar-refractivity contribution >= 4 is 23.8 Å². The van der Waals surface area contributed by atoms with Crippen LogP contribution in [0, 0.1) is 24.4 Å². The van der Waals surface area contributed by atoms with Gasteiger partial charge in [-0.15, -0.1) is 0 Å². The first kappa shape index (κ1) is 21.3. The molecule has 2 amide bonds. The van der Waals surface area contributed by atoms with Crippen LogP contribution >= 0.6 is 11.5 Å². The molecule has 0 spiro atoms. The Morgan fingerprint density at radius 3 is 2.64 bits per heavy atom. The van der Waals surface area contributed by atoms with Crippen LogP contribution in [0.1, 0.15) is 23.7 Å². The molecule has 1 unspecified atom stereocenters. The van der Waals surface area contributed by atoms with Crippen LogP contribution in [-0.2, 0) is 0 Å². The fraction of sp³-hybridized carbons (Fsp3) is 0.286. The van der Waals surface area contributed by atoms with E-state index in [0.29, 0.717) is 23.4 Å². The minimum Gasteiger partial charge on any atom is -0.468 e. The lowest BCUT2D eigenvalue weighted by Crippen LogP contribution is -2.59. The Morgan fingerprint density at radius 1 is 1.18 bits per heavy atom. The summed E-state index contributed by atoms with van der Waals surface area (Å²) in [6.07, 6.45) is 2.44. The molecule has 170 valence electrons. The molecule has 1 atom stereocenters. The first-order chi connectivity index (χ1) is 15.9. The van der Waals surface area contributed by atoms with E-state index in [2.05, 4.69) is 19.4 Å². The average molecular weight is 474 g/mol. The lowest BCUT2D eigenvalue weighted by molar-refractivity contribution is 0.0230. The van der Waals surface area contributed by atoms with Crippen molar-refractivity contribution < 1.29 is 22.7 Å². The minimum atomic E-state index is -0.721. The standard InChI is InChI=1S/C21H17F3N6O2S/c1-11-16(10-33-28-11)19-25-7-17(24)20(27-19)32-15-8-29(9-15)21(31)30-18(2-3-26-30)12-4-13(22)6-14(23)5-12/h3-7,10,15,18H,2,8-9H2,1H3. The Hall–Kier alpha value is -3.54. The number of benzene rings is 1. The maximum Gasteiger partial charge on any atom is 0.341 e. The molecule has 3 aromatic rings. The van der Waals surface area contributed by atoms with Crippen LogP contribution in [0.4, 0.5) is 18.0 Å². The van der Waals surface area contributed by atoms with Gasteiger partial charge in [0.25, 0.3) is 5.88 Å². The van der Waals surface area contributed by atoms with E-state index in [-0.39, 0.29) is 19.0 Å². The Kier molecular flexibility index (Phi) is 5.44. The highest BCUT2D eigenvalue weighted by atomic mass is 32.1. The second kappa shape index (κ2) is 8.43. The van der Waals surface area contributed by atoms with Crippen LogP contribution < -0.4 is 4.74 Å². The number of carbonyl (C=O) groups is 1. The largest absolute Gasteiger partial charge is 0.468 e. The molecule has 12 heteroatoms. The van der Waals surface area contributed by atoms with Gasteiger partial charge < -0.3 is 9.64 Å². The van der Waals surface area contributed by atoms with Gasteiger partial charge in [0.15, 0.2) is 5.82 Å². The van der Waals surface area contributed by atoms with Crippen molar-refractivity contribution in [3.05, 3.63) is 58.5 Å². The fourth-order valence-electron chi connectivity index (χ4n) is 3.69. The monoisotopic (exact) mass is 474 g/mol. The van der Waals surface area contributed by atoms with Gasteiger partial charge in [0.2, 0.25) is 5.82 Å². The Morgan fingerprint density at radius 2 is 1.94 bits per heavy atom. The van der Waals surface area contributed by atoms with E-state index in [1.165, 1.54) is 39.8 Å². The van der Waals surface area contributed by atoms with Crippen molar-refractivity contribution in [1.29, 1.82) is 0 Å². The van der Waals surface area contributed by atoms with Gasteiger partial charge in [0, 0.05) is 24.1 Å². The van der Waals surface area contributed by atoms with E-state index in [1.54, 1.807) is 12.3 Å². The molecule has 4 heterocycles. The number of aromatic nitrogens is 3. The van der Waals surface area contributed by atoms with E-state index < -0.39 is 35.6 Å². The molecule has 2 aliphatic rings. The molecule has 0 aliphatic carbocycles. The molecule has 0 radical (unpaired) electrons. The average Bonchev–Trinajstić information content (AvgIpc) is 3.39. The van der Waals surface area contributed by atoms with Crippen LogP contribution in [0.25, 0.3) is 11.4 Å². The molecule has 33 heavy (non-hydrogen) atoms. The number of amides is 2. The molecular weight excluding hydrogens is 457 g/mol. The normalized spacial score (nSPS) is 18.0. The molecule has 0 bridgehead atoms. The number of halogens is 3. The topological polar surface area (TPSA) is 83.8 Å². The summed E-state index contributed by atoms with van der Waals surface area (Å²) in [7, 11) is 0. The van der Waals surface area contributed by atoms with Crippen LogP contribution in [0.2, 0.25) is 0 Å². The van der Waals surface area contributed by atoms with Crippen molar-refractivity contribution in [2.24, 2.45) is 5.10 Å². The Bertz CT molecular complexity index is 1230. The number of urea groups is 1.